The summed E-state index contributed by atoms with van der Waals surface area (Å²) in [5, 5.41) is 34.2. The first-order valence-electron chi connectivity index (χ1n) is 13.1. The number of ether oxygens (including phenoxy) is 1. The Labute approximate surface area is 239 Å². The van der Waals surface area contributed by atoms with E-state index < -0.39 is 24.0 Å². The van der Waals surface area contributed by atoms with Crippen molar-refractivity contribution in [1.29, 1.82) is 0 Å². The predicted molar refractivity (Wildman–Crippen MR) is 158 cm³/mol. The minimum atomic E-state index is -1.83. The molecule has 13 heteroatoms. The maximum atomic E-state index is 12.2. The Hall–Kier alpha value is -3.48. The van der Waals surface area contributed by atoms with E-state index >= 15 is 0 Å². The van der Waals surface area contributed by atoms with Crippen LogP contribution in [0.15, 0.2) is 18.5 Å². The molecule has 234 valence electrons. The van der Waals surface area contributed by atoms with Crippen molar-refractivity contribution < 1.29 is 39.5 Å². The summed E-state index contributed by atoms with van der Waals surface area (Å²) in [6.45, 7) is 22.2. The maximum Gasteiger partial charge on any atom is 0.503 e. The van der Waals surface area contributed by atoms with Crippen LogP contribution < -0.4 is 21.3 Å². The largest absolute Gasteiger partial charge is 0.503 e. The first kappa shape index (κ1) is 41.0. The maximum absolute atomic E-state index is 12.2. The van der Waals surface area contributed by atoms with Crippen LogP contribution in [0.25, 0.3) is 0 Å². The molecule has 1 aliphatic rings. The number of piperidine rings is 1. The van der Waals surface area contributed by atoms with Crippen LogP contribution in [0.2, 0.25) is 0 Å². The van der Waals surface area contributed by atoms with E-state index in [4.69, 9.17) is 40.5 Å². The summed E-state index contributed by atoms with van der Waals surface area (Å²) in [6, 6.07) is 1.99. The summed E-state index contributed by atoms with van der Waals surface area (Å²) in [5.41, 5.74) is 7.13. The highest BCUT2D eigenvalue weighted by Crippen LogP contribution is 2.27. The Kier molecular flexibility index (Phi) is 21.9. The summed E-state index contributed by atoms with van der Waals surface area (Å²) in [7, 11) is 1.92. The van der Waals surface area contributed by atoms with Crippen molar-refractivity contribution >= 4 is 29.8 Å². The van der Waals surface area contributed by atoms with Crippen LogP contribution in [-0.4, -0.2) is 81.6 Å². The molecule has 0 unspecified atom stereocenters. The topological polar surface area (TPSA) is 208 Å². The lowest BCUT2D eigenvalue weighted by atomic mass is 9.89. The minimum absolute atomic E-state index is 0.0823. The zero-order valence-electron chi connectivity index (χ0n) is 25.9. The molecule has 1 aromatic rings. The fourth-order valence-electron chi connectivity index (χ4n) is 3.25. The van der Waals surface area contributed by atoms with Crippen LogP contribution in [-0.2, 0) is 4.74 Å². The van der Waals surface area contributed by atoms with Gasteiger partial charge in [0.05, 0.1) is 23.6 Å². The third-order valence-corrected chi connectivity index (χ3v) is 4.18. The fourth-order valence-corrected chi connectivity index (χ4v) is 3.25. The van der Waals surface area contributed by atoms with E-state index in [2.05, 4.69) is 69.0 Å². The first-order chi connectivity index (χ1) is 18.1. The Morgan fingerprint density at radius 2 is 1.43 bits per heavy atom. The summed E-state index contributed by atoms with van der Waals surface area (Å²) < 4.78 is 5.40. The number of nitrogens with two attached hydrogens (primary N) is 1. The van der Waals surface area contributed by atoms with Gasteiger partial charge in [-0.05, 0) is 51.6 Å². The van der Waals surface area contributed by atoms with Gasteiger partial charge >= 0.3 is 18.4 Å². The van der Waals surface area contributed by atoms with Gasteiger partial charge in [0.15, 0.2) is 0 Å². The number of nitrogen functional groups attached to an aromatic ring is 1. The van der Waals surface area contributed by atoms with Gasteiger partial charge in [-0.15, -0.1) is 0 Å². The number of likely N-dealkylation sites (N-methyl/N-ethyl adjacent to an activating group) is 1. The molecule has 3 atom stereocenters. The molecule has 0 aliphatic carbocycles. The Morgan fingerprint density at radius 3 is 1.77 bits per heavy atom. The number of carbonyl (C=O) groups excluding carboxylic acids is 1. The highest BCUT2D eigenvalue weighted by atomic mass is 16.6. The van der Waals surface area contributed by atoms with E-state index in [1.807, 2.05) is 33.9 Å². The molecule has 1 fully saturated rings. The van der Waals surface area contributed by atoms with Gasteiger partial charge < -0.3 is 46.4 Å². The van der Waals surface area contributed by atoms with Gasteiger partial charge in [-0.3, -0.25) is 4.98 Å². The molecule has 1 aliphatic heterocycles. The highest BCUT2D eigenvalue weighted by Gasteiger charge is 2.36. The smallest absolute Gasteiger partial charge is 0.450 e. The van der Waals surface area contributed by atoms with Crippen molar-refractivity contribution in [2.45, 2.75) is 86.9 Å². The van der Waals surface area contributed by atoms with Crippen LogP contribution in [0.5, 0.6) is 0 Å². The van der Waals surface area contributed by atoms with E-state index in [1.54, 1.807) is 12.4 Å². The summed E-state index contributed by atoms with van der Waals surface area (Å²) in [6.07, 6.45) is -0.679. The quantitative estimate of drug-likeness (QED) is 0.243. The Morgan fingerprint density at radius 1 is 1.00 bits per heavy atom. The lowest BCUT2D eigenvalue weighted by molar-refractivity contribution is 0.0480. The van der Waals surface area contributed by atoms with Crippen molar-refractivity contribution in [3.05, 3.63) is 18.5 Å². The second-order valence-corrected chi connectivity index (χ2v) is 11.4. The van der Waals surface area contributed by atoms with E-state index in [9.17, 15) is 4.79 Å². The molecule has 1 aromatic heterocycles. The molecule has 13 nitrogen and oxygen atoms in total. The summed E-state index contributed by atoms with van der Waals surface area (Å²) in [4.78, 5) is 35.5. The number of aromatic nitrogens is 1. The van der Waals surface area contributed by atoms with Crippen molar-refractivity contribution in [3.63, 3.8) is 0 Å². The van der Waals surface area contributed by atoms with Crippen molar-refractivity contribution in [2.24, 2.45) is 17.8 Å². The lowest BCUT2D eigenvalue weighted by Gasteiger charge is -2.44. The molecule has 0 saturated carbocycles. The number of pyridine rings is 1. The van der Waals surface area contributed by atoms with Gasteiger partial charge in [0.1, 0.15) is 5.60 Å². The normalized spacial score (nSPS) is 17.7. The van der Waals surface area contributed by atoms with E-state index in [1.165, 1.54) is 0 Å². The van der Waals surface area contributed by atoms with Gasteiger partial charge in [0, 0.05) is 25.3 Å². The van der Waals surface area contributed by atoms with Crippen LogP contribution in [0.4, 0.5) is 25.8 Å². The average Bonchev–Trinajstić information content (AvgIpc) is 2.71. The summed E-state index contributed by atoms with van der Waals surface area (Å²) in [5.74, 6) is 2.00. The van der Waals surface area contributed by atoms with Gasteiger partial charge in [-0.1, -0.05) is 48.5 Å². The molecule has 40 heavy (non-hydrogen) atoms. The third-order valence-electron chi connectivity index (χ3n) is 4.18. The molecule has 0 bridgehead atoms. The number of nitrogens with one attached hydrogen (secondary N) is 2. The van der Waals surface area contributed by atoms with Gasteiger partial charge in [0.2, 0.25) is 0 Å². The minimum Gasteiger partial charge on any atom is -0.450 e. The Balaban J connectivity index is -0.000000701. The molecular formula is C27H53N5O8. The summed E-state index contributed by atoms with van der Waals surface area (Å²) >= 11 is 0. The van der Waals surface area contributed by atoms with E-state index in [0.29, 0.717) is 18.2 Å². The number of anilines is 2. The number of alkyl carbamates (subject to hydrolysis) is 1. The van der Waals surface area contributed by atoms with E-state index in [0.717, 1.165) is 24.1 Å². The molecule has 0 spiro atoms. The van der Waals surface area contributed by atoms with E-state index in [-0.39, 0.29) is 12.1 Å². The number of carbonyl (C=O) groups is 3. The Bertz CT molecular complexity index is 815. The molecule has 1 amide bonds. The fraction of sp³-hybridized carbons (Fsp3) is 0.704. The average molecular weight is 576 g/mol. The van der Waals surface area contributed by atoms with Crippen LogP contribution in [0.1, 0.15) is 69.2 Å². The van der Waals surface area contributed by atoms with Crippen LogP contribution >= 0.6 is 0 Å². The number of nitrogens with zero attached hydrogens (tertiary/aromatic N) is 2. The highest BCUT2D eigenvalue weighted by molar-refractivity contribution is 5.69. The van der Waals surface area contributed by atoms with Crippen LogP contribution in [0, 0.1) is 17.8 Å². The van der Waals surface area contributed by atoms with Crippen molar-refractivity contribution in [1.82, 2.24) is 15.6 Å². The molecule has 8 N–H and O–H groups in total. The second-order valence-electron chi connectivity index (χ2n) is 11.4. The third kappa shape index (κ3) is 26.1. The number of rotatable bonds is 3. The molecule has 2 rings (SSSR count). The zero-order chi connectivity index (χ0) is 32.2. The number of amides is 1. The number of hydrogen-bond donors (Lipinski definition) is 7. The monoisotopic (exact) mass is 575 g/mol. The van der Waals surface area contributed by atoms with Crippen LogP contribution in [0.3, 0.4) is 0 Å². The van der Waals surface area contributed by atoms with Crippen molar-refractivity contribution in [3.8, 4) is 0 Å². The molecular weight excluding hydrogens is 522 g/mol. The number of hydrogen-bond acceptors (Lipinski definition) is 8. The first-order valence-corrected chi connectivity index (χ1v) is 13.1. The number of carboxylic acid groups (broad SMARTS) is 4. The molecule has 0 radical (unpaired) electrons. The predicted octanol–water partition coefficient (Wildman–Crippen LogP) is 5.37. The second kappa shape index (κ2) is 21.4. The van der Waals surface area contributed by atoms with Gasteiger partial charge in [-0.25, -0.2) is 14.4 Å². The standard InChI is InChI=1S/C17H29N5O2.2C4H10.2CH2O3/c1-11-9-22(14-6-7-20-8-12(14)18)10-13(15(11)19-5)21-16(23)24-17(2,3)4;2*1-4(2)3;2*2-1(3)4/h6-8,11,13,15,19H,9-10,18H2,1-5H3,(H,21,23);2*4H,1-3H3;2*(H2,2,3,4)/t11-,13+,15-;;;;/m0..../s1. The molecule has 2 heterocycles. The molecule has 0 aromatic carbocycles. The molecule has 1 saturated heterocycles. The van der Waals surface area contributed by atoms with Gasteiger partial charge in [-0.2, -0.15) is 0 Å². The zero-order valence-corrected chi connectivity index (χ0v) is 25.9. The lowest BCUT2D eigenvalue weighted by Crippen LogP contribution is -2.63. The SMILES string of the molecule is CC(C)C.CC(C)C.CN[C@H]1[C@@H](C)CN(c2ccncc2N)C[C@H]1NC(=O)OC(C)(C)C.O=C(O)O.O=C(O)O. The van der Waals surface area contributed by atoms with Gasteiger partial charge in [0.25, 0.3) is 0 Å². The van der Waals surface area contributed by atoms with Crippen molar-refractivity contribution in [2.75, 3.05) is 30.8 Å².